The van der Waals surface area contributed by atoms with Crippen molar-refractivity contribution in [3.63, 3.8) is 0 Å². The van der Waals surface area contributed by atoms with Gasteiger partial charge >= 0.3 is 6.09 Å². The van der Waals surface area contributed by atoms with E-state index in [9.17, 15) is 9.90 Å². The van der Waals surface area contributed by atoms with E-state index in [1.165, 1.54) is 11.3 Å². The third kappa shape index (κ3) is 5.90. The summed E-state index contributed by atoms with van der Waals surface area (Å²) in [6.07, 6.45) is 6.22. The quantitative estimate of drug-likeness (QED) is 0.700. The summed E-state index contributed by atoms with van der Waals surface area (Å²) in [6, 6.07) is 0. The molecule has 8 heteroatoms. The molecule has 2 aromatic rings. The van der Waals surface area contributed by atoms with Gasteiger partial charge < -0.3 is 19.7 Å². The Labute approximate surface area is 163 Å². The fourth-order valence-electron chi connectivity index (χ4n) is 2.31. The number of aliphatic hydroxyl groups excluding tert-OH is 1. The van der Waals surface area contributed by atoms with E-state index in [1.54, 1.807) is 20.8 Å². The van der Waals surface area contributed by atoms with Crippen LogP contribution >= 0.6 is 11.3 Å². The zero-order chi connectivity index (χ0) is 20.0. The molecule has 0 bridgehead atoms. The van der Waals surface area contributed by atoms with Crippen molar-refractivity contribution in [2.75, 3.05) is 6.61 Å². The second-order valence-corrected chi connectivity index (χ2v) is 8.01. The van der Waals surface area contributed by atoms with Crippen LogP contribution in [0.15, 0.2) is 4.52 Å². The van der Waals surface area contributed by atoms with Gasteiger partial charge in [0.15, 0.2) is 0 Å². The number of unbranched alkanes of at least 4 members (excludes halogenated alkanes) is 1. The molecule has 2 aromatic heterocycles. The van der Waals surface area contributed by atoms with Crippen molar-refractivity contribution < 1.29 is 19.2 Å². The normalized spacial score (nSPS) is 11.9. The third-order valence-electron chi connectivity index (χ3n) is 3.93. The molecule has 0 saturated heterocycles. The first kappa shape index (κ1) is 21.1. The molecule has 0 radical (unpaired) electrons. The van der Waals surface area contributed by atoms with Gasteiger partial charge in [0, 0.05) is 5.56 Å². The molecular formula is C19H27N3O4S. The molecule has 2 heterocycles. The number of aliphatic hydroxyl groups is 1. The molecule has 0 aromatic carbocycles. The van der Waals surface area contributed by atoms with Crippen molar-refractivity contribution in [2.45, 2.75) is 59.4 Å². The number of nitrogens with one attached hydrogen (secondary N) is 1. The monoisotopic (exact) mass is 393 g/mol. The Balaban J connectivity index is 2.09. The Morgan fingerprint density at radius 2 is 2.11 bits per heavy atom. The fourth-order valence-corrected chi connectivity index (χ4v) is 3.13. The second kappa shape index (κ2) is 9.14. The molecule has 0 unspecified atom stereocenters. The number of hydrogen-bond donors (Lipinski definition) is 2. The molecule has 148 valence electrons. The van der Waals surface area contributed by atoms with E-state index in [4.69, 9.17) is 9.26 Å². The number of aryl methyl sites for hydroxylation is 3. The summed E-state index contributed by atoms with van der Waals surface area (Å²) in [6.45, 7) is 9.04. The number of amides is 1. The maximum atomic E-state index is 12.0. The van der Waals surface area contributed by atoms with Crippen LogP contribution in [-0.4, -0.2) is 33.5 Å². The topological polar surface area (TPSA) is 97.5 Å². The van der Waals surface area contributed by atoms with Gasteiger partial charge in [-0.2, -0.15) is 0 Å². The van der Waals surface area contributed by atoms with Gasteiger partial charge in [-0.05, 0) is 52.7 Å². The predicted molar refractivity (Wildman–Crippen MR) is 106 cm³/mol. The summed E-state index contributed by atoms with van der Waals surface area (Å²) < 4.78 is 10.6. The van der Waals surface area contributed by atoms with Crippen LogP contribution in [-0.2, 0) is 6.42 Å². The first-order valence-electron chi connectivity index (χ1n) is 8.97. The Bertz CT molecular complexity index is 808. The van der Waals surface area contributed by atoms with Crippen LogP contribution in [0.4, 0.5) is 4.79 Å². The average Bonchev–Trinajstić information content (AvgIpc) is 3.13. The SMILES string of the molecule is CCCCc1noc(C)c1/C=C/c1nc(C)c(OC(=O)NC(C)(C)CO)s1. The zero-order valence-corrected chi connectivity index (χ0v) is 17.3. The maximum Gasteiger partial charge on any atom is 0.413 e. The average molecular weight is 394 g/mol. The number of hydrogen-bond acceptors (Lipinski definition) is 7. The molecule has 0 spiro atoms. The van der Waals surface area contributed by atoms with E-state index in [-0.39, 0.29) is 6.61 Å². The van der Waals surface area contributed by atoms with Crippen LogP contribution in [0.3, 0.4) is 0 Å². The van der Waals surface area contributed by atoms with E-state index in [1.807, 2.05) is 19.1 Å². The molecular weight excluding hydrogens is 366 g/mol. The molecule has 0 saturated carbocycles. The van der Waals surface area contributed by atoms with Gasteiger partial charge in [-0.1, -0.05) is 29.8 Å². The number of nitrogens with zero attached hydrogens (tertiary/aromatic N) is 2. The fraction of sp³-hybridized carbons (Fsp3) is 0.526. The van der Waals surface area contributed by atoms with E-state index >= 15 is 0 Å². The van der Waals surface area contributed by atoms with Gasteiger partial charge in [-0.15, -0.1) is 0 Å². The third-order valence-corrected chi connectivity index (χ3v) is 4.94. The molecule has 0 aliphatic carbocycles. The Hall–Kier alpha value is -2.19. The number of thiazole rings is 1. The van der Waals surface area contributed by atoms with Gasteiger partial charge in [0.2, 0.25) is 5.06 Å². The van der Waals surface area contributed by atoms with E-state index < -0.39 is 11.6 Å². The van der Waals surface area contributed by atoms with Crippen LogP contribution in [0.25, 0.3) is 12.2 Å². The van der Waals surface area contributed by atoms with Gasteiger partial charge in [0.25, 0.3) is 0 Å². The first-order chi connectivity index (χ1) is 12.8. The highest BCUT2D eigenvalue weighted by molar-refractivity contribution is 7.14. The van der Waals surface area contributed by atoms with Crippen molar-refractivity contribution in [2.24, 2.45) is 0 Å². The standard InChI is InChI=1S/C19H27N3O4S/c1-6-7-8-15-14(13(3)26-22-15)9-10-16-20-12(2)17(27-16)25-18(24)21-19(4,5)11-23/h9-10,23H,6-8,11H2,1-5H3,(H,21,24)/b10-9+. The van der Waals surface area contributed by atoms with E-state index in [0.29, 0.717) is 10.8 Å². The molecule has 1 amide bonds. The highest BCUT2D eigenvalue weighted by Gasteiger charge is 2.21. The summed E-state index contributed by atoms with van der Waals surface area (Å²) >= 11 is 1.28. The molecule has 7 nitrogen and oxygen atoms in total. The molecule has 2 N–H and O–H groups in total. The van der Waals surface area contributed by atoms with E-state index in [0.717, 1.165) is 41.3 Å². The number of carbonyl (C=O) groups excluding carboxylic acids is 1. The molecule has 0 aliphatic rings. The van der Waals surface area contributed by atoms with Crippen molar-refractivity contribution in [1.82, 2.24) is 15.5 Å². The number of aromatic nitrogens is 2. The van der Waals surface area contributed by atoms with Crippen LogP contribution < -0.4 is 10.1 Å². The summed E-state index contributed by atoms with van der Waals surface area (Å²) in [5.74, 6) is 0.771. The second-order valence-electron chi connectivity index (χ2n) is 7.02. The Morgan fingerprint density at radius 1 is 1.37 bits per heavy atom. The number of ether oxygens (including phenoxy) is 1. The summed E-state index contributed by atoms with van der Waals surface area (Å²) in [4.78, 5) is 16.4. The van der Waals surface area contributed by atoms with Crippen molar-refractivity contribution >= 4 is 29.6 Å². The number of rotatable bonds is 8. The van der Waals surface area contributed by atoms with Crippen LogP contribution in [0.2, 0.25) is 0 Å². The lowest BCUT2D eigenvalue weighted by atomic mass is 10.1. The lowest BCUT2D eigenvalue weighted by molar-refractivity contribution is 0.159. The van der Waals surface area contributed by atoms with Crippen molar-refractivity contribution in [3.05, 3.63) is 27.7 Å². The van der Waals surface area contributed by atoms with Gasteiger partial charge in [0.1, 0.15) is 10.8 Å². The summed E-state index contributed by atoms with van der Waals surface area (Å²) in [5, 5.41) is 17.1. The molecule has 2 rings (SSSR count). The van der Waals surface area contributed by atoms with Crippen LogP contribution in [0.5, 0.6) is 5.06 Å². The first-order valence-corrected chi connectivity index (χ1v) is 9.79. The summed E-state index contributed by atoms with van der Waals surface area (Å²) in [5.41, 5.74) is 1.80. The van der Waals surface area contributed by atoms with Crippen molar-refractivity contribution in [1.29, 1.82) is 0 Å². The molecule has 0 atom stereocenters. The van der Waals surface area contributed by atoms with Crippen molar-refractivity contribution in [3.8, 4) is 5.06 Å². The molecule has 0 fully saturated rings. The van der Waals surface area contributed by atoms with Gasteiger partial charge in [-0.25, -0.2) is 9.78 Å². The lowest BCUT2D eigenvalue weighted by Gasteiger charge is -2.22. The lowest BCUT2D eigenvalue weighted by Crippen LogP contribution is -2.47. The van der Waals surface area contributed by atoms with Gasteiger partial charge in [-0.3, -0.25) is 0 Å². The number of carbonyl (C=O) groups is 1. The molecule has 0 aliphatic heterocycles. The Morgan fingerprint density at radius 3 is 2.78 bits per heavy atom. The Kier molecular flexibility index (Phi) is 7.15. The zero-order valence-electron chi connectivity index (χ0n) is 16.5. The van der Waals surface area contributed by atoms with Crippen LogP contribution in [0, 0.1) is 13.8 Å². The van der Waals surface area contributed by atoms with E-state index in [2.05, 4.69) is 22.4 Å². The summed E-state index contributed by atoms with van der Waals surface area (Å²) in [7, 11) is 0. The minimum atomic E-state index is -0.751. The highest BCUT2D eigenvalue weighted by atomic mass is 32.1. The maximum absolute atomic E-state index is 12.0. The minimum Gasteiger partial charge on any atom is -0.397 e. The minimum absolute atomic E-state index is 0.184. The predicted octanol–water partition coefficient (Wildman–Crippen LogP) is 4.12. The highest BCUT2D eigenvalue weighted by Crippen LogP contribution is 2.29. The van der Waals surface area contributed by atoms with Gasteiger partial charge in [0.05, 0.1) is 23.5 Å². The largest absolute Gasteiger partial charge is 0.413 e. The van der Waals surface area contributed by atoms with Crippen LogP contribution in [0.1, 0.15) is 61.3 Å². The molecule has 27 heavy (non-hydrogen) atoms. The smallest absolute Gasteiger partial charge is 0.397 e.